The summed E-state index contributed by atoms with van der Waals surface area (Å²) < 4.78 is 5.92. The van der Waals surface area contributed by atoms with Crippen LogP contribution in [0.3, 0.4) is 0 Å². The molecule has 0 bridgehead atoms. The second kappa shape index (κ2) is 9.77. The Kier molecular flexibility index (Phi) is 7.35. The first-order valence-electron chi connectivity index (χ1n) is 8.93. The highest BCUT2D eigenvalue weighted by molar-refractivity contribution is 5.39. The second-order valence-electron chi connectivity index (χ2n) is 5.80. The van der Waals surface area contributed by atoms with Crippen molar-refractivity contribution >= 4 is 0 Å². The van der Waals surface area contributed by atoms with Gasteiger partial charge in [-0.1, -0.05) is 74.0 Å². The average Bonchev–Trinajstić information content (AvgIpc) is 2.65. The maximum atomic E-state index is 5.92. The summed E-state index contributed by atoms with van der Waals surface area (Å²) in [5.41, 5.74) is 5.41. The van der Waals surface area contributed by atoms with E-state index in [1.54, 1.807) is 0 Å². The van der Waals surface area contributed by atoms with Crippen LogP contribution in [0.15, 0.2) is 77.9 Å². The number of para-hydroxylation sites is 1. The quantitative estimate of drug-likeness (QED) is 0.629. The molecule has 126 valence electrons. The standard InChI is InChI=1S/C21H22O.C2H6/c1-17-11-13-18(14-12-17)15-19-7-5-6-8-20(19)16-22-21-9-3-2-4-10-21;1-2/h2-4,7-14H,5-6,15-16H2,1H3;1-2H3. The molecule has 0 unspecified atom stereocenters. The van der Waals surface area contributed by atoms with E-state index in [4.69, 9.17) is 4.74 Å². The van der Waals surface area contributed by atoms with E-state index in [1.165, 1.54) is 22.3 Å². The second-order valence-corrected chi connectivity index (χ2v) is 5.80. The predicted molar refractivity (Wildman–Crippen MR) is 104 cm³/mol. The molecule has 0 atom stereocenters. The Morgan fingerprint density at radius 1 is 0.792 bits per heavy atom. The third kappa shape index (κ3) is 5.42. The minimum Gasteiger partial charge on any atom is -0.489 e. The Labute approximate surface area is 146 Å². The van der Waals surface area contributed by atoms with Gasteiger partial charge in [0.25, 0.3) is 0 Å². The molecule has 0 fully saturated rings. The van der Waals surface area contributed by atoms with Crippen molar-refractivity contribution < 1.29 is 4.74 Å². The van der Waals surface area contributed by atoms with Crippen LogP contribution in [0.4, 0.5) is 0 Å². The van der Waals surface area contributed by atoms with Crippen LogP contribution in [-0.4, -0.2) is 6.61 Å². The molecule has 0 saturated heterocycles. The SMILES string of the molecule is CC.Cc1ccc(CC2=CCCC=C2COc2ccccc2)cc1. The van der Waals surface area contributed by atoms with Crippen molar-refractivity contribution in [1.82, 2.24) is 0 Å². The lowest BCUT2D eigenvalue weighted by Gasteiger charge is -2.17. The van der Waals surface area contributed by atoms with Gasteiger partial charge >= 0.3 is 0 Å². The Hall–Kier alpha value is -2.28. The van der Waals surface area contributed by atoms with Crippen molar-refractivity contribution in [2.45, 2.75) is 40.0 Å². The molecule has 1 heteroatoms. The Balaban J connectivity index is 0.00000100. The molecule has 24 heavy (non-hydrogen) atoms. The monoisotopic (exact) mass is 320 g/mol. The van der Waals surface area contributed by atoms with Gasteiger partial charge in [0.15, 0.2) is 0 Å². The van der Waals surface area contributed by atoms with E-state index in [2.05, 4.69) is 43.3 Å². The van der Waals surface area contributed by atoms with E-state index in [1.807, 2.05) is 44.2 Å². The maximum absolute atomic E-state index is 5.92. The van der Waals surface area contributed by atoms with Gasteiger partial charge in [0, 0.05) is 0 Å². The van der Waals surface area contributed by atoms with Crippen molar-refractivity contribution in [2.75, 3.05) is 6.61 Å². The minimum absolute atomic E-state index is 0.654. The van der Waals surface area contributed by atoms with E-state index in [0.29, 0.717) is 6.61 Å². The highest BCUT2D eigenvalue weighted by Gasteiger charge is 2.10. The molecule has 0 amide bonds. The summed E-state index contributed by atoms with van der Waals surface area (Å²) in [7, 11) is 0. The molecule has 3 rings (SSSR count). The largest absolute Gasteiger partial charge is 0.489 e. The van der Waals surface area contributed by atoms with Crippen LogP contribution in [0.25, 0.3) is 0 Å². The fourth-order valence-electron chi connectivity index (χ4n) is 2.72. The first-order chi connectivity index (χ1) is 11.8. The summed E-state index contributed by atoms with van der Waals surface area (Å²) >= 11 is 0. The Bertz CT molecular complexity index is 663. The van der Waals surface area contributed by atoms with Gasteiger partial charge in [0.1, 0.15) is 12.4 Å². The molecule has 0 N–H and O–H groups in total. The first-order valence-corrected chi connectivity index (χ1v) is 8.93. The van der Waals surface area contributed by atoms with Crippen LogP contribution in [0.5, 0.6) is 5.75 Å². The summed E-state index contributed by atoms with van der Waals surface area (Å²) in [6, 6.07) is 18.8. The lowest BCUT2D eigenvalue weighted by atomic mass is 9.92. The smallest absolute Gasteiger partial charge is 0.119 e. The molecular formula is C23H28O. The molecule has 1 aliphatic carbocycles. The molecule has 0 saturated carbocycles. The molecule has 0 spiro atoms. The van der Waals surface area contributed by atoms with E-state index in [9.17, 15) is 0 Å². The van der Waals surface area contributed by atoms with Crippen molar-refractivity contribution in [3.63, 3.8) is 0 Å². The van der Waals surface area contributed by atoms with Gasteiger partial charge < -0.3 is 4.74 Å². The number of ether oxygens (including phenoxy) is 1. The number of aryl methyl sites for hydroxylation is 1. The lowest BCUT2D eigenvalue weighted by Crippen LogP contribution is -2.08. The molecular weight excluding hydrogens is 292 g/mol. The zero-order valence-electron chi connectivity index (χ0n) is 15.1. The summed E-state index contributed by atoms with van der Waals surface area (Å²) in [6.45, 7) is 6.78. The van der Waals surface area contributed by atoms with Crippen LogP contribution in [0.1, 0.15) is 37.8 Å². The highest BCUT2D eigenvalue weighted by atomic mass is 16.5. The summed E-state index contributed by atoms with van der Waals surface area (Å²) in [5.74, 6) is 0.934. The van der Waals surface area contributed by atoms with Crippen LogP contribution < -0.4 is 4.74 Å². The summed E-state index contributed by atoms with van der Waals surface area (Å²) in [5, 5.41) is 0. The van der Waals surface area contributed by atoms with Crippen molar-refractivity contribution in [3.05, 3.63) is 89.0 Å². The fraction of sp³-hybridized carbons (Fsp3) is 0.304. The number of hydrogen-bond acceptors (Lipinski definition) is 1. The first kappa shape index (κ1) is 18.1. The third-order valence-corrected chi connectivity index (χ3v) is 4.01. The molecule has 2 aromatic carbocycles. The molecule has 2 aromatic rings. The molecule has 1 aliphatic rings. The van der Waals surface area contributed by atoms with Crippen LogP contribution in [-0.2, 0) is 6.42 Å². The highest BCUT2D eigenvalue weighted by Crippen LogP contribution is 2.24. The zero-order valence-corrected chi connectivity index (χ0v) is 15.1. The Morgan fingerprint density at radius 2 is 1.42 bits per heavy atom. The molecule has 1 nitrogen and oxygen atoms in total. The van der Waals surface area contributed by atoms with Gasteiger partial charge in [-0.15, -0.1) is 0 Å². The summed E-state index contributed by atoms with van der Waals surface area (Å²) in [4.78, 5) is 0. The van der Waals surface area contributed by atoms with Gasteiger partial charge in [0.2, 0.25) is 0 Å². The van der Waals surface area contributed by atoms with Crippen molar-refractivity contribution in [2.24, 2.45) is 0 Å². The van der Waals surface area contributed by atoms with Gasteiger partial charge in [-0.05, 0) is 55.0 Å². The maximum Gasteiger partial charge on any atom is 0.119 e. The fourth-order valence-corrected chi connectivity index (χ4v) is 2.72. The number of rotatable bonds is 5. The lowest BCUT2D eigenvalue weighted by molar-refractivity contribution is 0.352. The predicted octanol–water partition coefficient (Wildman–Crippen LogP) is 6.29. The van der Waals surface area contributed by atoms with E-state index >= 15 is 0 Å². The molecule has 0 aromatic heterocycles. The van der Waals surface area contributed by atoms with E-state index < -0.39 is 0 Å². The van der Waals surface area contributed by atoms with Crippen molar-refractivity contribution in [3.8, 4) is 5.75 Å². The van der Waals surface area contributed by atoms with Crippen LogP contribution >= 0.6 is 0 Å². The number of allylic oxidation sites excluding steroid dienone is 2. The van der Waals surface area contributed by atoms with Crippen molar-refractivity contribution in [1.29, 1.82) is 0 Å². The van der Waals surface area contributed by atoms with Gasteiger partial charge in [-0.25, -0.2) is 0 Å². The topological polar surface area (TPSA) is 9.23 Å². The normalized spacial score (nSPS) is 13.3. The molecule has 0 aliphatic heterocycles. The average molecular weight is 320 g/mol. The molecule has 0 heterocycles. The minimum atomic E-state index is 0.654. The summed E-state index contributed by atoms with van der Waals surface area (Å²) in [6.07, 6.45) is 7.93. The molecule has 0 radical (unpaired) electrons. The number of benzene rings is 2. The van der Waals surface area contributed by atoms with E-state index in [-0.39, 0.29) is 0 Å². The van der Waals surface area contributed by atoms with Gasteiger partial charge in [-0.2, -0.15) is 0 Å². The number of hydrogen-bond donors (Lipinski definition) is 0. The third-order valence-electron chi connectivity index (χ3n) is 4.01. The van der Waals surface area contributed by atoms with Crippen LogP contribution in [0, 0.1) is 6.92 Å². The zero-order chi connectivity index (χ0) is 17.2. The van der Waals surface area contributed by atoms with Gasteiger partial charge in [-0.3, -0.25) is 0 Å². The Morgan fingerprint density at radius 3 is 2.08 bits per heavy atom. The van der Waals surface area contributed by atoms with Crippen LogP contribution in [0.2, 0.25) is 0 Å². The van der Waals surface area contributed by atoms with Gasteiger partial charge in [0.05, 0.1) is 0 Å². The van der Waals surface area contributed by atoms with E-state index in [0.717, 1.165) is 25.0 Å².